The Bertz CT molecular complexity index is 134. The Kier molecular flexibility index (Phi) is 1.70. The molecule has 0 aliphatic carbocycles. The minimum Gasteiger partial charge on any atom is -0.461 e. The zero-order valence-corrected chi connectivity index (χ0v) is 4.77. The van der Waals surface area contributed by atoms with Gasteiger partial charge in [-0.15, -0.1) is 0 Å². The van der Waals surface area contributed by atoms with Crippen molar-refractivity contribution in [1.82, 2.24) is 5.32 Å². The molecule has 0 bridgehead atoms. The molecule has 1 heterocycles. The molecule has 0 amide bonds. The maximum absolute atomic E-state index is 4.70. The zero-order valence-electron chi connectivity index (χ0n) is 4.77. The van der Waals surface area contributed by atoms with Gasteiger partial charge in [-0.3, -0.25) is 0 Å². The third kappa shape index (κ3) is 1.10. The lowest BCUT2D eigenvalue weighted by Gasteiger charge is -1.87. The van der Waals surface area contributed by atoms with Crippen LogP contribution in [-0.4, -0.2) is 7.05 Å². The van der Waals surface area contributed by atoms with Crippen molar-refractivity contribution in [3.8, 4) is 0 Å². The van der Waals surface area contributed by atoms with Crippen LogP contribution in [0.3, 0.4) is 0 Å². The summed E-state index contributed by atoms with van der Waals surface area (Å²) in [7, 11) is 1.89. The molecule has 0 unspecified atom stereocenters. The molecule has 0 spiro atoms. The highest BCUT2D eigenvalue weighted by Gasteiger charge is 1.88. The van der Waals surface area contributed by atoms with Crippen LogP contribution >= 0.6 is 0 Å². The summed E-state index contributed by atoms with van der Waals surface area (Å²) >= 11 is 0. The van der Waals surface area contributed by atoms with Gasteiger partial charge < -0.3 is 9.73 Å². The predicted octanol–water partition coefficient (Wildman–Crippen LogP) is 0.799. The lowest BCUT2D eigenvalue weighted by Crippen LogP contribution is -2.03. The standard InChI is InChI=1S/C6H8NO/c1-7-4-6-2-3-8-5-6/h2-3,7H,4H2,1H3. The number of furan rings is 1. The highest BCUT2D eigenvalue weighted by Crippen LogP contribution is 1.95. The summed E-state index contributed by atoms with van der Waals surface area (Å²) in [5.41, 5.74) is 1.06. The van der Waals surface area contributed by atoms with E-state index in [1.165, 1.54) is 0 Å². The van der Waals surface area contributed by atoms with Gasteiger partial charge in [0.05, 0.1) is 6.26 Å². The summed E-state index contributed by atoms with van der Waals surface area (Å²) < 4.78 is 4.70. The summed E-state index contributed by atoms with van der Waals surface area (Å²) in [6.07, 6.45) is 4.32. The van der Waals surface area contributed by atoms with Crippen molar-refractivity contribution < 1.29 is 4.42 Å². The first-order chi connectivity index (χ1) is 3.93. The minimum absolute atomic E-state index is 0.830. The summed E-state index contributed by atoms with van der Waals surface area (Å²) in [6, 6.07) is 1.89. The predicted molar refractivity (Wildman–Crippen MR) is 30.3 cm³/mol. The second kappa shape index (κ2) is 2.52. The molecule has 2 heteroatoms. The van der Waals surface area contributed by atoms with Crippen LogP contribution in [0.1, 0.15) is 5.56 Å². The molecular weight excluding hydrogens is 102 g/mol. The fourth-order valence-electron chi connectivity index (χ4n) is 0.545. The van der Waals surface area contributed by atoms with Gasteiger partial charge in [0.25, 0.3) is 0 Å². The molecule has 0 aliphatic heterocycles. The quantitative estimate of drug-likeness (QED) is 0.609. The number of hydrogen-bond donors (Lipinski definition) is 1. The van der Waals surface area contributed by atoms with Gasteiger partial charge in [-0.2, -0.15) is 0 Å². The van der Waals surface area contributed by atoms with E-state index in [0.29, 0.717) is 0 Å². The van der Waals surface area contributed by atoms with Crippen LogP contribution in [0.5, 0.6) is 0 Å². The lowest BCUT2D eigenvalue weighted by molar-refractivity contribution is 0.553. The molecule has 0 fully saturated rings. The van der Waals surface area contributed by atoms with Gasteiger partial charge in [-0.05, 0) is 13.1 Å². The van der Waals surface area contributed by atoms with Gasteiger partial charge in [0, 0.05) is 12.1 Å². The van der Waals surface area contributed by atoms with Crippen molar-refractivity contribution in [2.45, 2.75) is 6.54 Å². The third-order valence-corrected chi connectivity index (χ3v) is 0.895. The van der Waals surface area contributed by atoms with Gasteiger partial charge in [0.15, 0.2) is 6.26 Å². The second-order valence-electron chi connectivity index (χ2n) is 1.58. The fraction of sp³-hybridized carbons (Fsp3) is 0.333. The van der Waals surface area contributed by atoms with Gasteiger partial charge in [-0.1, -0.05) is 0 Å². The summed E-state index contributed by atoms with van der Waals surface area (Å²) in [5, 5.41) is 2.98. The molecule has 0 aromatic carbocycles. The lowest BCUT2D eigenvalue weighted by atomic mass is 10.3. The Balaban J connectivity index is 2.50. The number of rotatable bonds is 2. The van der Waals surface area contributed by atoms with Gasteiger partial charge in [-0.25, -0.2) is 0 Å². The monoisotopic (exact) mass is 110 g/mol. The number of nitrogens with one attached hydrogen (secondary N) is 1. The number of hydrogen-bond acceptors (Lipinski definition) is 2. The molecule has 1 aromatic rings. The Morgan fingerprint density at radius 2 is 2.75 bits per heavy atom. The van der Waals surface area contributed by atoms with Crippen molar-refractivity contribution in [3.63, 3.8) is 0 Å². The molecule has 1 N–H and O–H groups in total. The average Bonchev–Trinajstić information content (AvgIpc) is 2.19. The molecule has 0 saturated heterocycles. The molecule has 1 aromatic heterocycles. The third-order valence-electron chi connectivity index (χ3n) is 0.895. The molecule has 2 nitrogen and oxygen atoms in total. The van der Waals surface area contributed by atoms with Crippen LogP contribution in [0.4, 0.5) is 0 Å². The maximum Gasteiger partial charge on any atom is 0.173 e. The first-order valence-electron chi connectivity index (χ1n) is 2.52. The van der Waals surface area contributed by atoms with E-state index in [4.69, 9.17) is 4.42 Å². The minimum atomic E-state index is 0.830. The van der Waals surface area contributed by atoms with Gasteiger partial charge in [0.2, 0.25) is 0 Å². The summed E-state index contributed by atoms with van der Waals surface area (Å²) in [5.74, 6) is 0. The Labute approximate surface area is 48.5 Å². The Hall–Kier alpha value is -0.760. The zero-order chi connectivity index (χ0) is 5.82. The molecule has 0 saturated carbocycles. The molecule has 1 rings (SSSR count). The van der Waals surface area contributed by atoms with Gasteiger partial charge >= 0.3 is 0 Å². The van der Waals surface area contributed by atoms with Crippen LogP contribution in [0, 0.1) is 6.26 Å². The van der Waals surface area contributed by atoms with Crippen LogP contribution in [0.15, 0.2) is 16.7 Å². The smallest absolute Gasteiger partial charge is 0.173 e. The second-order valence-corrected chi connectivity index (χ2v) is 1.58. The van der Waals surface area contributed by atoms with E-state index in [2.05, 4.69) is 11.6 Å². The van der Waals surface area contributed by atoms with E-state index in [-0.39, 0.29) is 0 Å². The Morgan fingerprint density at radius 3 is 3.25 bits per heavy atom. The maximum atomic E-state index is 4.70. The SMILES string of the molecule is CNCc1[c]occ1. The van der Waals surface area contributed by atoms with Gasteiger partial charge in [0.1, 0.15) is 0 Å². The largest absolute Gasteiger partial charge is 0.461 e. The Morgan fingerprint density at radius 1 is 1.88 bits per heavy atom. The van der Waals surface area contributed by atoms with E-state index in [1.54, 1.807) is 6.26 Å². The highest BCUT2D eigenvalue weighted by atomic mass is 16.3. The first-order valence-corrected chi connectivity index (χ1v) is 2.52. The first kappa shape index (κ1) is 5.38. The van der Waals surface area contributed by atoms with Crippen molar-refractivity contribution in [1.29, 1.82) is 0 Å². The van der Waals surface area contributed by atoms with E-state index in [1.807, 2.05) is 13.1 Å². The molecule has 0 atom stereocenters. The van der Waals surface area contributed by atoms with E-state index < -0.39 is 0 Å². The van der Waals surface area contributed by atoms with Crippen LogP contribution < -0.4 is 5.32 Å². The van der Waals surface area contributed by atoms with E-state index >= 15 is 0 Å². The fourth-order valence-corrected chi connectivity index (χ4v) is 0.545. The molecule has 1 radical (unpaired) electrons. The van der Waals surface area contributed by atoms with Crippen LogP contribution in [-0.2, 0) is 6.54 Å². The summed E-state index contributed by atoms with van der Waals surface area (Å²) in [4.78, 5) is 0. The van der Waals surface area contributed by atoms with E-state index in [0.717, 1.165) is 12.1 Å². The molecular formula is C6H8NO. The van der Waals surface area contributed by atoms with Crippen molar-refractivity contribution in [3.05, 3.63) is 24.2 Å². The van der Waals surface area contributed by atoms with Crippen LogP contribution in [0.25, 0.3) is 0 Å². The average molecular weight is 110 g/mol. The molecule has 43 valence electrons. The van der Waals surface area contributed by atoms with Crippen molar-refractivity contribution >= 4 is 0 Å². The highest BCUT2D eigenvalue weighted by molar-refractivity contribution is 5.02. The van der Waals surface area contributed by atoms with Crippen molar-refractivity contribution in [2.24, 2.45) is 0 Å². The van der Waals surface area contributed by atoms with Crippen molar-refractivity contribution in [2.75, 3.05) is 7.05 Å². The van der Waals surface area contributed by atoms with Crippen LogP contribution in [0.2, 0.25) is 0 Å². The topological polar surface area (TPSA) is 25.2 Å². The summed E-state index contributed by atoms with van der Waals surface area (Å²) in [6.45, 7) is 0.830. The van der Waals surface area contributed by atoms with E-state index in [9.17, 15) is 0 Å². The molecule has 8 heavy (non-hydrogen) atoms. The molecule has 0 aliphatic rings. The normalized spacial score (nSPS) is 9.62.